The summed E-state index contributed by atoms with van der Waals surface area (Å²) in [5.41, 5.74) is 6.55. The minimum Gasteiger partial charge on any atom is -0.478 e. The lowest BCUT2D eigenvalue weighted by Gasteiger charge is -2.40. The van der Waals surface area contributed by atoms with Crippen LogP contribution in [0, 0.1) is 0 Å². The van der Waals surface area contributed by atoms with Crippen molar-refractivity contribution in [3.05, 3.63) is 54.6 Å². The first-order valence-corrected chi connectivity index (χ1v) is 13.9. The molecule has 2 unspecified atom stereocenters. The summed E-state index contributed by atoms with van der Waals surface area (Å²) < 4.78 is 14.6. The maximum absolute atomic E-state index is 11.6. The number of amides is 1. The number of imidazole rings is 1. The molecular weight excluding hydrogens is 420 g/mol. The summed E-state index contributed by atoms with van der Waals surface area (Å²) in [7, 11) is -1.99. The second-order valence-electron chi connectivity index (χ2n) is 9.70. The van der Waals surface area contributed by atoms with E-state index in [0.717, 1.165) is 10.9 Å². The number of carbonyl (C=O) groups is 1. The van der Waals surface area contributed by atoms with Crippen LogP contribution in [0.15, 0.2) is 48.9 Å². The van der Waals surface area contributed by atoms with Gasteiger partial charge in [-0.15, -0.1) is 0 Å². The Morgan fingerprint density at radius 2 is 1.91 bits per heavy atom. The van der Waals surface area contributed by atoms with Crippen LogP contribution >= 0.6 is 0 Å². The van der Waals surface area contributed by atoms with Gasteiger partial charge in [0.05, 0.1) is 30.6 Å². The summed E-state index contributed by atoms with van der Waals surface area (Å²) in [5.74, 6) is 0.0426. The molecular formula is C24H34N4O3Si. The average molecular weight is 455 g/mol. The molecule has 0 saturated carbocycles. The summed E-state index contributed by atoms with van der Waals surface area (Å²) >= 11 is 0. The zero-order valence-electron chi connectivity index (χ0n) is 19.8. The van der Waals surface area contributed by atoms with E-state index in [1.165, 1.54) is 0 Å². The maximum Gasteiger partial charge on any atom is 0.268 e. The van der Waals surface area contributed by atoms with Gasteiger partial charge in [0.25, 0.3) is 5.91 Å². The molecule has 0 spiro atoms. The lowest BCUT2D eigenvalue weighted by atomic mass is 10.1. The lowest BCUT2D eigenvalue weighted by Crippen LogP contribution is -2.45. The number of hydrogen-bond donors (Lipinski definition) is 1. The SMILES string of the molecule is CC(O[Si](C)(C)C(C)(C)C)C(CCOc1ccc2ccccc2n1)n1cnc(C(N)=O)c1. The molecule has 2 atom stereocenters. The zero-order chi connectivity index (χ0) is 23.5. The molecule has 0 bridgehead atoms. The van der Waals surface area contributed by atoms with Gasteiger partial charge in [0, 0.05) is 24.1 Å². The third kappa shape index (κ3) is 5.55. The van der Waals surface area contributed by atoms with Gasteiger partial charge in [-0.1, -0.05) is 39.0 Å². The predicted octanol–water partition coefficient (Wildman–Crippen LogP) is 4.95. The highest BCUT2D eigenvalue weighted by molar-refractivity contribution is 6.74. The number of para-hydroxylation sites is 1. The molecule has 2 N–H and O–H groups in total. The van der Waals surface area contributed by atoms with Crippen LogP contribution in [-0.2, 0) is 4.43 Å². The first-order chi connectivity index (χ1) is 15.0. The van der Waals surface area contributed by atoms with Crippen LogP contribution in [0.25, 0.3) is 10.9 Å². The minimum atomic E-state index is -1.99. The Kier molecular flexibility index (Phi) is 7.05. The van der Waals surface area contributed by atoms with Gasteiger partial charge in [-0.2, -0.15) is 0 Å². The summed E-state index contributed by atoms with van der Waals surface area (Å²) in [6.07, 6.45) is 3.90. The number of nitrogens with zero attached hydrogens (tertiary/aromatic N) is 3. The second kappa shape index (κ2) is 9.42. The van der Waals surface area contributed by atoms with Gasteiger partial charge in [0.15, 0.2) is 8.32 Å². The molecule has 3 aromatic rings. The normalized spacial score (nSPS) is 14.3. The van der Waals surface area contributed by atoms with Crippen molar-refractivity contribution in [1.29, 1.82) is 0 Å². The van der Waals surface area contributed by atoms with E-state index < -0.39 is 14.2 Å². The van der Waals surface area contributed by atoms with Gasteiger partial charge in [-0.3, -0.25) is 4.79 Å². The number of nitrogens with two attached hydrogens (primary N) is 1. The molecule has 1 amide bonds. The van der Waals surface area contributed by atoms with Gasteiger partial charge >= 0.3 is 0 Å². The Morgan fingerprint density at radius 3 is 2.56 bits per heavy atom. The number of hydrogen-bond acceptors (Lipinski definition) is 5. The van der Waals surface area contributed by atoms with Crippen molar-refractivity contribution < 1.29 is 14.0 Å². The number of ether oxygens (including phenoxy) is 1. The highest BCUT2D eigenvalue weighted by Gasteiger charge is 2.40. The molecule has 7 nitrogen and oxygen atoms in total. The lowest BCUT2D eigenvalue weighted by molar-refractivity contribution is 0.0994. The van der Waals surface area contributed by atoms with Gasteiger partial charge < -0.3 is 19.5 Å². The number of primary amides is 1. The molecule has 3 rings (SSSR count). The average Bonchev–Trinajstić information content (AvgIpc) is 3.20. The van der Waals surface area contributed by atoms with E-state index in [1.807, 2.05) is 41.0 Å². The molecule has 2 aromatic heterocycles. The first kappa shape index (κ1) is 23.9. The molecule has 32 heavy (non-hydrogen) atoms. The first-order valence-electron chi connectivity index (χ1n) is 11.0. The summed E-state index contributed by atoms with van der Waals surface area (Å²) in [6.45, 7) is 13.7. The van der Waals surface area contributed by atoms with E-state index in [2.05, 4.69) is 50.8 Å². The maximum atomic E-state index is 11.6. The van der Waals surface area contributed by atoms with Crippen LogP contribution < -0.4 is 10.5 Å². The Labute approximate surface area is 191 Å². The van der Waals surface area contributed by atoms with Gasteiger partial charge in [-0.25, -0.2) is 9.97 Å². The number of rotatable bonds is 9. The highest BCUT2D eigenvalue weighted by atomic mass is 28.4. The van der Waals surface area contributed by atoms with Crippen LogP contribution in [0.3, 0.4) is 0 Å². The van der Waals surface area contributed by atoms with E-state index in [4.69, 9.17) is 14.9 Å². The number of benzene rings is 1. The fourth-order valence-corrected chi connectivity index (χ4v) is 4.84. The molecule has 0 aliphatic carbocycles. The molecule has 1 aromatic carbocycles. The largest absolute Gasteiger partial charge is 0.478 e. The quantitative estimate of drug-likeness (QED) is 0.462. The third-order valence-electron chi connectivity index (χ3n) is 6.30. The fraction of sp³-hybridized carbons (Fsp3) is 0.458. The fourth-order valence-electron chi connectivity index (χ4n) is 3.40. The summed E-state index contributed by atoms with van der Waals surface area (Å²) in [6, 6.07) is 11.8. The monoisotopic (exact) mass is 454 g/mol. The van der Waals surface area contributed by atoms with E-state index in [9.17, 15) is 4.79 Å². The predicted molar refractivity (Wildman–Crippen MR) is 129 cm³/mol. The van der Waals surface area contributed by atoms with Crippen LogP contribution in [0.5, 0.6) is 5.88 Å². The van der Waals surface area contributed by atoms with Crippen LogP contribution in [0.2, 0.25) is 18.1 Å². The Bertz CT molecular complexity index is 1070. The molecule has 172 valence electrons. The Morgan fingerprint density at radius 1 is 1.19 bits per heavy atom. The number of pyridine rings is 1. The topological polar surface area (TPSA) is 92.3 Å². The highest BCUT2D eigenvalue weighted by Crippen LogP contribution is 2.38. The smallest absolute Gasteiger partial charge is 0.268 e. The van der Waals surface area contributed by atoms with Gasteiger partial charge in [0.1, 0.15) is 5.69 Å². The number of aromatic nitrogens is 3. The van der Waals surface area contributed by atoms with Crippen molar-refractivity contribution in [1.82, 2.24) is 14.5 Å². The molecule has 0 saturated heterocycles. The van der Waals surface area contributed by atoms with E-state index in [-0.39, 0.29) is 22.9 Å². The van der Waals surface area contributed by atoms with Gasteiger partial charge in [0.2, 0.25) is 5.88 Å². The second-order valence-corrected chi connectivity index (χ2v) is 14.5. The van der Waals surface area contributed by atoms with Crippen molar-refractivity contribution >= 4 is 25.1 Å². The number of carbonyl (C=O) groups excluding carboxylic acids is 1. The van der Waals surface area contributed by atoms with E-state index in [1.54, 1.807) is 12.5 Å². The van der Waals surface area contributed by atoms with Crippen molar-refractivity contribution in [3.8, 4) is 5.88 Å². The Balaban J connectivity index is 1.75. The standard InChI is InChI=1S/C24H34N4O3Si/c1-17(31-32(5,6)24(2,3)4)21(28-15-20(23(25)29)26-16-28)13-14-30-22-12-11-18-9-7-8-10-19(18)27-22/h7-12,15-17,21H,13-14H2,1-6H3,(H2,25,29). The molecule has 0 aliphatic rings. The zero-order valence-corrected chi connectivity index (χ0v) is 20.8. The molecule has 0 aliphatic heterocycles. The van der Waals surface area contributed by atoms with Crippen molar-refractivity contribution in [2.75, 3.05) is 6.61 Å². The number of fused-ring (bicyclic) bond motifs is 1. The van der Waals surface area contributed by atoms with Crippen molar-refractivity contribution in [2.24, 2.45) is 5.73 Å². The molecule has 0 radical (unpaired) electrons. The summed E-state index contributed by atoms with van der Waals surface area (Å²) in [4.78, 5) is 20.3. The van der Waals surface area contributed by atoms with E-state index in [0.29, 0.717) is 18.9 Å². The van der Waals surface area contributed by atoms with Crippen LogP contribution in [0.1, 0.15) is 50.6 Å². The van der Waals surface area contributed by atoms with Crippen molar-refractivity contribution in [3.63, 3.8) is 0 Å². The van der Waals surface area contributed by atoms with Crippen LogP contribution in [-0.4, -0.2) is 41.5 Å². The Hall–Kier alpha value is -2.71. The molecule has 0 fully saturated rings. The van der Waals surface area contributed by atoms with E-state index >= 15 is 0 Å². The van der Waals surface area contributed by atoms with Gasteiger partial charge in [-0.05, 0) is 37.2 Å². The molecule has 2 heterocycles. The minimum absolute atomic E-state index is 0.0646. The van der Waals surface area contributed by atoms with Crippen LogP contribution in [0.4, 0.5) is 0 Å². The summed E-state index contributed by atoms with van der Waals surface area (Å²) in [5, 5.41) is 1.16. The molecule has 8 heteroatoms. The van der Waals surface area contributed by atoms with Crippen molar-refractivity contribution in [2.45, 2.75) is 64.4 Å². The third-order valence-corrected chi connectivity index (χ3v) is 10.9.